The molecule has 2 aliphatic rings. The van der Waals surface area contributed by atoms with Crippen molar-refractivity contribution in [2.75, 3.05) is 52.5 Å². The van der Waals surface area contributed by atoms with E-state index >= 15 is 0 Å². The summed E-state index contributed by atoms with van der Waals surface area (Å²) >= 11 is 0. The van der Waals surface area contributed by atoms with Crippen LogP contribution in [0.5, 0.6) is 0 Å². The second-order valence-corrected chi connectivity index (χ2v) is 15.0. The van der Waals surface area contributed by atoms with E-state index < -0.39 is 89.9 Å². The molecule has 2 heterocycles. The molecule has 20 nitrogen and oxygen atoms in total. The molecule has 2 saturated heterocycles. The van der Waals surface area contributed by atoms with Gasteiger partial charge in [0.2, 0.25) is 47.3 Å². The van der Waals surface area contributed by atoms with Gasteiger partial charge in [-0.1, -0.05) is 13.8 Å². The first-order chi connectivity index (χ1) is 27.9. The molecule has 332 valence electrons. The fourth-order valence-corrected chi connectivity index (χ4v) is 7.02. The molecule has 2 fully saturated rings. The highest BCUT2D eigenvalue weighted by atomic mass is 16.5. The quantitative estimate of drug-likeness (QED) is 0.0317. The smallest absolute Gasteiger partial charge is 0.328 e. The molecule has 59 heavy (non-hydrogen) atoms. The fourth-order valence-electron chi connectivity index (χ4n) is 7.02. The largest absolute Gasteiger partial charge is 0.466 e. The van der Waals surface area contributed by atoms with Gasteiger partial charge in [0, 0.05) is 40.4 Å². The van der Waals surface area contributed by atoms with E-state index in [1.54, 1.807) is 20.8 Å². The first kappa shape index (κ1) is 50.0. The van der Waals surface area contributed by atoms with E-state index in [9.17, 15) is 43.2 Å². The van der Waals surface area contributed by atoms with Crippen molar-refractivity contribution in [1.29, 1.82) is 0 Å². The Labute approximate surface area is 346 Å². The maximum absolute atomic E-state index is 14.2. The maximum Gasteiger partial charge on any atom is 0.328 e. The molecule has 5 unspecified atom stereocenters. The zero-order valence-corrected chi connectivity index (χ0v) is 35.9. The molecule has 6 N–H and O–H groups in total. The summed E-state index contributed by atoms with van der Waals surface area (Å²) in [6, 6.07) is -5.48. The van der Waals surface area contributed by atoms with Gasteiger partial charge in [-0.2, -0.15) is 0 Å². The minimum Gasteiger partial charge on any atom is -0.466 e. The third-order valence-electron chi connectivity index (χ3n) is 10.1. The Morgan fingerprint density at radius 3 is 1.76 bits per heavy atom. The summed E-state index contributed by atoms with van der Waals surface area (Å²) in [5.74, 6) is -5.52. The molecule has 0 aliphatic carbocycles. The average molecular weight is 837 g/mol. The van der Waals surface area contributed by atoms with Crippen LogP contribution in [0, 0.1) is 5.92 Å². The van der Waals surface area contributed by atoms with E-state index in [0.717, 1.165) is 13.1 Å². The lowest BCUT2D eigenvalue weighted by atomic mass is 10.0. The van der Waals surface area contributed by atoms with E-state index in [4.69, 9.17) is 9.47 Å². The molecular weight excluding hydrogens is 770 g/mol. The zero-order valence-electron chi connectivity index (χ0n) is 35.9. The number of likely N-dealkylation sites (N-methyl/N-ethyl adjacent to an activating group) is 1. The van der Waals surface area contributed by atoms with Crippen LogP contribution in [-0.2, 0) is 52.6 Å². The second kappa shape index (κ2) is 25.4. The SMILES string of the molecule is CCOC(=O)CC(NC(=O)C1CCCN1C(=O)C(NC(C)=O)C(C)C)C(=O)N1CCCC1C(=O)NC(CCCN=C(NC(C)=O)NC(C)=O)C(=O)OCC[NH+](CC)CC. The van der Waals surface area contributed by atoms with Crippen molar-refractivity contribution in [3.8, 4) is 0 Å². The number of carbonyl (C=O) groups excluding carboxylic acids is 9. The molecule has 2 rings (SSSR count). The summed E-state index contributed by atoms with van der Waals surface area (Å²) in [5.41, 5.74) is 0. The molecule has 0 spiro atoms. The summed E-state index contributed by atoms with van der Waals surface area (Å²) < 4.78 is 10.7. The topological polar surface area (TPSA) is 256 Å². The molecular formula is C39H66N9O11+. The highest BCUT2D eigenvalue weighted by molar-refractivity contribution is 6.03. The van der Waals surface area contributed by atoms with Crippen LogP contribution in [0.25, 0.3) is 0 Å². The third-order valence-corrected chi connectivity index (χ3v) is 10.1. The van der Waals surface area contributed by atoms with Crippen LogP contribution in [0.1, 0.15) is 100 Å². The van der Waals surface area contributed by atoms with Gasteiger partial charge < -0.3 is 40.1 Å². The Morgan fingerprint density at radius 1 is 0.729 bits per heavy atom. The van der Waals surface area contributed by atoms with Crippen molar-refractivity contribution in [3.05, 3.63) is 0 Å². The molecule has 0 aromatic rings. The van der Waals surface area contributed by atoms with Crippen LogP contribution in [0.15, 0.2) is 4.99 Å². The van der Waals surface area contributed by atoms with Gasteiger partial charge >= 0.3 is 11.9 Å². The van der Waals surface area contributed by atoms with E-state index in [2.05, 4.69) is 31.6 Å². The second-order valence-electron chi connectivity index (χ2n) is 15.0. The molecule has 0 aromatic heterocycles. The molecule has 5 atom stereocenters. The molecule has 0 aromatic carbocycles. The Hall–Kier alpha value is -5.14. The molecule has 20 heteroatoms. The number of hydrogen-bond donors (Lipinski definition) is 6. The van der Waals surface area contributed by atoms with Gasteiger partial charge in [-0.3, -0.25) is 54.0 Å². The number of amides is 7. The number of guanidine groups is 1. The Balaban J connectivity index is 2.30. The highest BCUT2D eigenvalue weighted by Gasteiger charge is 2.43. The lowest BCUT2D eigenvalue weighted by molar-refractivity contribution is -0.896. The minimum atomic E-state index is -1.44. The molecule has 0 saturated carbocycles. The summed E-state index contributed by atoms with van der Waals surface area (Å²) in [5, 5.41) is 12.9. The van der Waals surface area contributed by atoms with Crippen LogP contribution in [-0.4, -0.2) is 152 Å². The Kier molecular flexibility index (Phi) is 21.5. The molecule has 0 radical (unpaired) electrons. The number of ether oxygens (including phenoxy) is 2. The number of quaternary nitrogens is 1. The third kappa shape index (κ3) is 16.6. The van der Waals surface area contributed by atoms with Crippen LogP contribution < -0.4 is 31.5 Å². The fraction of sp³-hybridized carbons (Fsp3) is 0.744. The van der Waals surface area contributed by atoms with Gasteiger partial charge in [0.05, 0.1) is 26.1 Å². The first-order valence-electron chi connectivity index (χ1n) is 20.7. The predicted molar refractivity (Wildman–Crippen MR) is 214 cm³/mol. The summed E-state index contributed by atoms with van der Waals surface area (Å²) in [4.78, 5) is 125. The van der Waals surface area contributed by atoms with Crippen LogP contribution >= 0.6 is 0 Å². The number of aliphatic imine (C=N–C) groups is 1. The molecule has 2 aliphatic heterocycles. The monoisotopic (exact) mass is 836 g/mol. The van der Waals surface area contributed by atoms with Gasteiger partial charge in [0.25, 0.3) is 0 Å². The van der Waals surface area contributed by atoms with Gasteiger partial charge in [-0.25, -0.2) is 4.79 Å². The predicted octanol–water partition coefficient (Wildman–Crippen LogP) is -2.07. The molecule has 0 bridgehead atoms. The van der Waals surface area contributed by atoms with Crippen molar-refractivity contribution < 1.29 is 57.5 Å². The van der Waals surface area contributed by atoms with Gasteiger partial charge in [0.1, 0.15) is 43.4 Å². The van der Waals surface area contributed by atoms with Crippen molar-refractivity contribution in [2.45, 2.75) is 131 Å². The van der Waals surface area contributed by atoms with Gasteiger partial charge in [0.15, 0.2) is 0 Å². The number of hydrogen-bond acceptors (Lipinski definition) is 12. The highest BCUT2D eigenvalue weighted by Crippen LogP contribution is 2.23. The van der Waals surface area contributed by atoms with Crippen molar-refractivity contribution >= 4 is 59.2 Å². The van der Waals surface area contributed by atoms with Crippen molar-refractivity contribution in [3.63, 3.8) is 0 Å². The van der Waals surface area contributed by atoms with E-state index in [0.29, 0.717) is 25.8 Å². The Bertz CT molecular complexity index is 1520. The number of likely N-dealkylation sites (tertiary alicyclic amines) is 2. The van der Waals surface area contributed by atoms with Crippen LogP contribution in [0.4, 0.5) is 0 Å². The summed E-state index contributed by atoms with van der Waals surface area (Å²) in [7, 11) is 0. The van der Waals surface area contributed by atoms with E-state index in [1.807, 2.05) is 13.8 Å². The van der Waals surface area contributed by atoms with Crippen molar-refractivity contribution in [1.82, 2.24) is 36.4 Å². The minimum absolute atomic E-state index is 0.0217. The van der Waals surface area contributed by atoms with Crippen molar-refractivity contribution in [2.24, 2.45) is 10.9 Å². The summed E-state index contributed by atoms with van der Waals surface area (Å²) in [6.07, 6.45) is 1.20. The number of nitrogens with zero attached hydrogens (tertiary/aromatic N) is 3. The van der Waals surface area contributed by atoms with Crippen LogP contribution in [0.2, 0.25) is 0 Å². The lowest BCUT2D eigenvalue weighted by Gasteiger charge is -2.32. The maximum atomic E-state index is 14.2. The lowest BCUT2D eigenvalue weighted by Crippen LogP contribution is -3.11. The summed E-state index contributed by atoms with van der Waals surface area (Å²) in [6.45, 7) is 15.8. The molecule has 7 amide bonds. The number of carbonyl (C=O) groups is 9. The Morgan fingerprint density at radius 2 is 1.27 bits per heavy atom. The van der Waals surface area contributed by atoms with Gasteiger partial charge in [-0.15, -0.1) is 0 Å². The number of nitrogens with one attached hydrogen (secondary N) is 6. The van der Waals surface area contributed by atoms with Crippen LogP contribution in [0.3, 0.4) is 0 Å². The van der Waals surface area contributed by atoms with Gasteiger partial charge in [-0.05, 0) is 65.2 Å². The zero-order chi connectivity index (χ0) is 44.2. The first-order valence-corrected chi connectivity index (χ1v) is 20.7. The van der Waals surface area contributed by atoms with E-state index in [-0.39, 0.29) is 64.0 Å². The number of esters is 2. The van der Waals surface area contributed by atoms with E-state index in [1.165, 1.54) is 35.5 Å². The normalized spacial score (nSPS) is 17.7. The number of rotatable bonds is 21. The average Bonchev–Trinajstić information content (AvgIpc) is 3.86. The standard InChI is InChI=1S/C39H65N9O11/c1-9-46(10-2)21-22-59-38(57)28(15-12-18-40-39(42-26(7)50)43-27(8)51)44-34(53)30-16-13-19-47(30)36(55)29(23-32(52)58-11-3)45-35(54)31-17-14-20-48(31)37(56)33(24(4)5)41-25(6)49/h24,28-31,33H,9-23H2,1-8H3,(H,41,49)(H,44,53)(H,45,54)(H2,40,42,43,50,51)/p+1.